The van der Waals surface area contributed by atoms with E-state index in [2.05, 4.69) is 36.3 Å². The molecule has 0 aliphatic carbocycles. The molecule has 2 aromatic heterocycles. The van der Waals surface area contributed by atoms with E-state index in [9.17, 15) is 4.79 Å². The van der Waals surface area contributed by atoms with Crippen molar-refractivity contribution in [1.82, 2.24) is 14.9 Å². The quantitative estimate of drug-likeness (QED) is 0.581. The average Bonchev–Trinajstić information content (AvgIpc) is 3.35. The van der Waals surface area contributed by atoms with Crippen molar-refractivity contribution in [3.63, 3.8) is 0 Å². The van der Waals surface area contributed by atoms with Crippen LogP contribution in [0.4, 0.5) is 0 Å². The minimum Gasteiger partial charge on any atom is -0.486 e. The van der Waals surface area contributed by atoms with Gasteiger partial charge in [-0.25, -0.2) is 4.98 Å². The molecule has 142 valence electrons. The van der Waals surface area contributed by atoms with Crippen molar-refractivity contribution in [3.05, 3.63) is 72.2 Å². The molecule has 0 radical (unpaired) electrons. The first-order valence-corrected chi connectivity index (χ1v) is 9.17. The third kappa shape index (κ3) is 5.48. The van der Waals surface area contributed by atoms with Crippen LogP contribution in [-0.2, 0) is 13.2 Å². The molecule has 0 fully saturated rings. The molecule has 0 spiro atoms. The first kappa shape index (κ1) is 18.8. The first-order valence-electron chi connectivity index (χ1n) is 9.17. The Bertz CT molecular complexity index is 836. The molecular formula is C21H25N3O3. The van der Waals surface area contributed by atoms with Crippen molar-refractivity contribution in [2.75, 3.05) is 6.54 Å². The van der Waals surface area contributed by atoms with E-state index in [4.69, 9.17) is 9.15 Å². The van der Waals surface area contributed by atoms with Gasteiger partial charge in [0.2, 0.25) is 0 Å². The number of rotatable bonds is 9. The standard InChI is InChI=1S/C21H25N3O3/c1-16(2)17-4-6-18(7-5-17)26-14-19-8-9-20(27-19)21(25)23-10-3-12-24-13-11-22-15-24/h4-9,11,13,15-16H,3,10,12,14H2,1-2H3,(H,23,25). The Labute approximate surface area is 159 Å². The molecule has 6 nitrogen and oxygen atoms in total. The summed E-state index contributed by atoms with van der Waals surface area (Å²) >= 11 is 0. The summed E-state index contributed by atoms with van der Waals surface area (Å²) in [4.78, 5) is 16.1. The number of furan rings is 1. The summed E-state index contributed by atoms with van der Waals surface area (Å²) < 4.78 is 13.3. The van der Waals surface area contributed by atoms with E-state index < -0.39 is 0 Å². The van der Waals surface area contributed by atoms with Crippen LogP contribution in [0.3, 0.4) is 0 Å². The number of amides is 1. The fraction of sp³-hybridized carbons (Fsp3) is 0.333. The van der Waals surface area contributed by atoms with Crippen molar-refractivity contribution in [2.45, 2.75) is 39.3 Å². The molecule has 1 N–H and O–H groups in total. The number of aryl methyl sites for hydroxylation is 1. The largest absolute Gasteiger partial charge is 0.486 e. The Morgan fingerprint density at radius 2 is 2.04 bits per heavy atom. The highest BCUT2D eigenvalue weighted by Gasteiger charge is 2.11. The van der Waals surface area contributed by atoms with Crippen LogP contribution < -0.4 is 10.1 Å². The van der Waals surface area contributed by atoms with E-state index in [-0.39, 0.29) is 12.5 Å². The molecule has 27 heavy (non-hydrogen) atoms. The predicted octanol–water partition coefficient (Wildman–Crippen LogP) is 4.00. The number of nitrogens with one attached hydrogen (secondary N) is 1. The van der Waals surface area contributed by atoms with Gasteiger partial charge in [-0.2, -0.15) is 0 Å². The summed E-state index contributed by atoms with van der Waals surface area (Å²) in [6.07, 6.45) is 6.23. The maximum absolute atomic E-state index is 12.1. The topological polar surface area (TPSA) is 69.3 Å². The number of carbonyl (C=O) groups is 1. The van der Waals surface area contributed by atoms with Crippen LogP contribution in [0.2, 0.25) is 0 Å². The molecule has 3 rings (SSSR count). The van der Waals surface area contributed by atoms with Crippen molar-refractivity contribution in [2.24, 2.45) is 0 Å². The highest BCUT2D eigenvalue weighted by Crippen LogP contribution is 2.20. The first-order chi connectivity index (χ1) is 13.1. The van der Waals surface area contributed by atoms with Crippen LogP contribution >= 0.6 is 0 Å². The number of nitrogens with zero attached hydrogens (tertiary/aromatic N) is 2. The van der Waals surface area contributed by atoms with Gasteiger partial charge in [0, 0.05) is 25.5 Å². The lowest BCUT2D eigenvalue weighted by molar-refractivity contribution is 0.0921. The van der Waals surface area contributed by atoms with Gasteiger partial charge in [0.15, 0.2) is 5.76 Å². The van der Waals surface area contributed by atoms with Gasteiger partial charge >= 0.3 is 0 Å². The summed E-state index contributed by atoms with van der Waals surface area (Å²) in [7, 11) is 0. The fourth-order valence-corrected chi connectivity index (χ4v) is 2.65. The second kappa shape index (κ2) is 9.07. The monoisotopic (exact) mass is 367 g/mol. The second-order valence-electron chi connectivity index (χ2n) is 6.69. The van der Waals surface area contributed by atoms with Crippen molar-refractivity contribution < 1.29 is 13.9 Å². The number of ether oxygens (including phenoxy) is 1. The van der Waals surface area contributed by atoms with Gasteiger partial charge in [0.1, 0.15) is 18.1 Å². The van der Waals surface area contributed by atoms with E-state index in [1.165, 1.54) is 5.56 Å². The highest BCUT2D eigenvalue weighted by molar-refractivity contribution is 5.91. The van der Waals surface area contributed by atoms with Crippen molar-refractivity contribution >= 4 is 5.91 Å². The van der Waals surface area contributed by atoms with E-state index in [1.54, 1.807) is 24.7 Å². The SMILES string of the molecule is CC(C)c1ccc(OCc2ccc(C(=O)NCCCn3ccnc3)o2)cc1. The Kier molecular flexibility index (Phi) is 6.30. The Morgan fingerprint density at radius 3 is 2.74 bits per heavy atom. The van der Waals surface area contributed by atoms with Gasteiger partial charge in [-0.3, -0.25) is 4.79 Å². The van der Waals surface area contributed by atoms with E-state index in [0.29, 0.717) is 24.0 Å². The second-order valence-corrected chi connectivity index (χ2v) is 6.69. The smallest absolute Gasteiger partial charge is 0.286 e. The molecule has 3 aromatic rings. The zero-order valence-electron chi connectivity index (χ0n) is 15.7. The number of benzene rings is 1. The Morgan fingerprint density at radius 1 is 1.22 bits per heavy atom. The van der Waals surface area contributed by atoms with Crippen LogP contribution in [0.15, 0.2) is 59.5 Å². The maximum Gasteiger partial charge on any atom is 0.286 e. The summed E-state index contributed by atoms with van der Waals surface area (Å²) in [5.41, 5.74) is 1.27. The summed E-state index contributed by atoms with van der Waals surface area (Å²) in [6.45, 7) is 5.99. The van der Waals surface area contributed by atoms with Crippen LogP contribution in [0.25, 0.3) is 0 Å². The minimum atomic E-state index is -0.215. The summed E-state index contributed by atoms with van der Waals surface area (Å²) in [5, 5.41) is 2.86. The number of hydrogen-bond acceptors (Lipinski definition) is 4. The maximum atomic E-state index is 12.1. The number of aromatic nitrogens is 2. The molecule has 0 saturated carbocycles. The lowest BCUT2D eigenvalue weighted by Gasteiger charge is -2.08. The van der Waals surface area contributed by atoms with E-state index in [1.807, 2.05) is 22.9 Å². The van der Waals surface area contributed by atoms with Gasteiger partial charge in [0.05, 0.1) is 6.33 Å². The molecule has 0 atom stereocenters. The minimum absolute atomic E-state index is 0.215. The Balaban J connectivity index is 1.42. The van der Waals surface area contributed by atoms with Crippen molar-refractivity contribution in [1.29, 1.82) is 0 Å². The van der Waals surface area contributed by atoms with E-state index >= 15 is 0 Å². The average molecular weight is 367 g/mol. The van der Waals surface area contributed by atoms with Gasteiger partial charge in [0.25, 0.3) is 5.91 Å². The normalized spacial score (nSPS) is 10.9. The molecular weight excluding hydrogens is 342 g/mol. The van der Waals surface area contributed by atoms with Gasteiger partial charge in [-0.15, -0.1) is 0 Å². The molecule has 0 saturated heterocycles. The fourth-order valence-electron chi connectivity index (χ4n) is 2.65. The van der Waals surface area contributed by atoms with Crippen LogP contribution in [0, 0.1) is 0 Å². The molecule has 0 unspecified atom stereocenters. The summed E-state index contributed by atoms with van der Waals surface area (Å²) in [6, 6.07) is 11.5. The molecule has 2 heterocycles. The number of imidazole rings is 1. The molecule has 6 heteroatoms. The lowest BCUT2D eigenvalue weighted by atomic mass is 10.0. The highest BCUT2D eigenvalue weighted by atomic mass is 16.5. The van der Waals surface area contributed by atoms with Crippen molar-refractivity contribution in [3.8, 4) is 5.75 Å². The molecule has 1 aromatic carbocycles. The number of hydrogen-bond donors (Lipinski definition) is 1. The molecule has 0 aliphatic rings. The van der Waals surface area contributed by atoms with Crippen LogP contribution in [-0.4, -0.2) is 22.0 Å². The summed E-state index contributed by atoms with van der Waals surface area (Å²) in [5.74, 6) is 1.97. The van der Waals surface area contributed by atoms with Gasteiger partial charge < -0.3 is 19.0 Å². The third-order valence-corrected chi connectivity index (χ3v) is 4.25. The Hall–Kier alpha value is -3.02. The zero-order valence-corrected chi connectivity index (χ0v) is 15.7. The lowest BCUT2D eigenvalue weighted by Crippen LogP contribution is -2.24. The third-order valence-electron chi connectivity index (χ3n) is 4.25. The number of carbonyl (C=O) groups excluding carboxylic acids is 1. The zero-order chi connectivity index (χ0) is 19.1. The molecule has 1 amide bonds. The molecule has 0 aliphatic heterocycles. The van der Waals surface area contributed by atoms with Gasteiger partial charge in [-0.05, 0) is 42.2 Å². The van der Waals surface area contributed by atoms with Crippen LogP contribution in [0.5, 0.6) is 5.75 Å². The van der Waals surface area contributed by atoms with Gasteiger partial charge in [-0.1, -0.05) is 26.0 Å². The van der Waals surface area contributed by atoms with E-state index in [0.717, 1.165) is 18.7 Å². The predicted molar refractivity (Wildman–Crippen MR) is 103 cm³/mol. The van der Waals surface area contributed by atoms with Crippen LogP contribution in [0.1, 0.15) is 48.1 Å². The molecule has 0 bridgehead atoms.